The van der Waals surface area contributed by atoms with Crippen molar-refractivity contribution in [2.75, 3.05) is 20.2 Å². The van der Waals surface area contributed by atoms with Gasteiger partial charge in [0.15, 0.2) is 11.5 Å². The van der Waals surface area contributed by atoms with Crippen molar-refractivity contribution in [3.8, 4) is 11.5 Å². The summed E-state index contributed by atoms with van der Waals surface area (Å²) in [5.41, 5.74) is 2.25. The Bertz CT molecular complexity index is 824. The van der Waals surface area contributed by atoms with Gasteiger partial charge in [0.25, 0.3) is 0 Å². The smallest absolute Gasteiger partial charge is 0.239 e. The molecule has 2 aliphatic heterocycles. The third-order valence-electron chi connectivity index (χ3n) is 5.86. The number of amides is 1. The van der Waals surface area contributed by atoms with Crippen LogP contribution in [0.3, 0.4) is 0 Å². The van der Waals surface area contributed by atoms with Gasteiger partial charge in [-0.1, -0.05) is 36.4 Å². The van der Waals surface area contributed by atoms with Gasteiger partial charge in [-0.05, 0) is 43.0 Å². The van der Waals surface area contributed by atoms with E-state index in [0.29, 0.717) is 12.6 Å². The van der Waals surface area contributed by atoms with Crippen LogP contribution in [0.25, 0.3) is 0 Å². The van der Waals surface area contributed by atoms with Gasteiger partial charge >= 0.3 is 0 Å². The van der Waals surface area contributed by atoms with E-state index in [-0.39, 0.29) is 11.9 Å². The number of benzene rings is 2. The van der Waals surface area contributed by atoms with Crippen molar-refractivity contribution in [1.82, 2.24) is 9.80 Å². The van der Waals surface area contributed by atoms with Crippen LogP contribution in [0.5, 0.6) is 11.5 Å². The Labute approximate surface area is 166 Å². The molecule has 0 aromatic heterocycles. The minimum Gasteiger partial charge on any atom is -0.493 e. The second-order valence-corrected chi connectivity index (χ2v) is 7.69. The SMILES string of the molecule is COc1ccc(CN2C[C@H]3CCCN3C(=O)[C@@H]2C)cc1OCc1ccccc1. The van der Waals surface area contributed by atoms with Crippen LogP contribution in [0.1, 0.15) is 30.9 Å². The van der Waals surface area contributed by atoms with Crippen LogP contribution >= 0.6 is 0 Å². The zero-order valence-electron chi connectivity index (χ0n) is 16.6. The zero-order valence-corrected chi connectivity index (χ0v) is 16.6. The molecule has 0 unspecified atom stereocenters. The molecule has 0 N–H and O–H groups in total. The van der Waals surface area contributed by atoms with Crippen LogP contribution in [-0.4, -0.2) is 48.0 Å². The number of hydrogen-bond donors (Lipinski definition) is 0. The maximum atomic E-state index is 12.7. The summed E-state index contributed by atoms with van der Waals surface area (Å²) in [4.78, 5) is 17.0. The molecule has 0 radical (unpaired) electrons. The molecule has 0 spiro atoms. The molecule has 28 heavy (non-hydrogen) atoms. The number of ether oxygens (including phenoxy) is 2. The van der Waals surface area contributed by atoms with Crippen LogP contribution in [0, 0.1) is 0 Å². The monoisotopic (exact) mass is 380 g/mol. The number of methoxy groups -OCH3 is 1. The van der Waals surface area contributed by atoms with E-state index in [4.69, 9.17) is 9.47 Å². The molecule has 2 saturated heterocycles. The molecule has 2 aromatic carbocycles. The number of fused-ring (bicyclic) bond motifs is 1. The molecule has 0 saturated carbocycles. The molecule has 4 rings (SSSR count). The highest BCUT2D eigenvalue weighted by molar-refractivity contribution is 5.83. The summed E-state index contributed by atoms with van der Waals surface area (Å²) >= 11 is 0. The standard InChI is InChI=1S/C23H28N2O3/c1-17-23(26)25-12-6-9-20(25)15-24(17)14-19-10-11-21(27-2)22(13-19)28-16-18-7-4-3-5-8-18/h3-5,7-8,10-11,13,17,20H,6,9,12,14-16H2,1-2H3/t17-,20+/m0/s1. The predicted molar refractivity (Wildman–Crippen MR) is 108 cm³/mol. The van der Waals surface area contributed by atoms with Crippen LogP contribution in [0.4, 0.5) is 0 Å². The highest BCUT2D eigenvalue weighted by atomic mass is 16.5. The van der Waals surface area contributed by atoms with Crippen molar-refractivity contribution < 1.29 is 14.3 Å². The molecule has 148 valence electrons. The Morgan fingerprint density at radius 2 is 1.89 bits per heavy atom. The first-order chi connectivity index (χ1) is 13.7. The second kappa shape index (κ2) is 8.23. The second-order valence-electron chi connectivity index (χ2n) is 7.69. The van der Waals surface area contributed by atoms with E-state index in [1.54, 1.807) is 7.11 Å². The summed E-state index contributed by atoms with van der Waals surface area (Å²) in [5, 5.41) is 0. The largest absolute Gasteiger partial charge is 0.493 e. The molecule has 2 aliphatic rings. The van der Waals surface area contributed by atoms with Crippen LogP contribution in [0.15, 0.2) is 48.5 Å². The van der Waals surface area contributed by atoms with Crippen LogP contribution in [-0.2, 0) is 17.9 Å². The summed E-state index contributed by atoms with van der Waals surface area (Å²) in [6.07, 6.45) is 2.24. The van der Waals surface area contributed by atoms with E-state index < -0.39 is 0 Å². The highest BCUT2D eigenvalue weighted by Gasteiger charge is 2.40. The Morgan fingerprint density at radius 3 is 2.68 bits per heavy atom. The Hall–Kier alpha value is -2.53. The van der Waals surface area contributed by atoms with Crippen LogP contribution in [0.2, 0.25) is 0 Å². The van der Waals surface area contributed by atoms with Crippen LogP contribution < -0.4 is 9.47 Å². The lowest BCUT2D eigenvalue weighted by atomic mass is 10.1. The van der Waals surface area contributed by atoms with Gasteiger partial charge in [0, 0.05) is 25.7 Å². The quantitative estimate of drug-likeness (QED) is 0.770. The molecule has 0 bridgehead atoms. The lowest BCUT2D eigenvalue weighted by Crippen LogP contribution is -2.58. The highest BCUT2D eigenvalue weighted by Crippen LogP contribution is 2.31. The molecule has 2 atom stereocenters. The van der Waals surface area contributed by atoms with Crippen molar-refractivity contribution in [1.29, 1.82) is 0 Å². The van der Waals surface area contributed by atoms with E-state index in [9.17, 15) is 4.79 Å². The summed E-state index contributed by atoms with van der Waals surface area (Å²) in [6.45, 7) is 5.12. The van der Waals surface area contributed by atoms with E-state index in [2.05, 4.69) is 15.9 Å². The molecule has 0 aliphatic carbocycles. The topological polar surface area (TPSA) is 42.0 Å². The van der Waals surface area contributed by atoms with Crippen molar-refractivity contribution >= 4 is 5.91 Å². The minimum atomic E-state index is -0.0786. The Morgan fingerprint density at radius 1 is 1.07 bits per heavy atom. The maximum absolute atomic E-state index is 12.7. The number of carbonyl (C=O) groups excluding carboxylic acids is 1. The zero-order chi connectivity index (χ0) is 19.5. The Kier molecular flexibility index (Phi) is 5.53. The number of hydrogen-bond acceptors (Lipinski definition) is 4. The summed E-state index contributed by atoms with van der Waals surface area (Å²) in [7, 11) is 1.66. The number of rotatable bonds is 6. The van der Waals surface area contributed by atoms with Gasteiger partial charge in [0.2, 0.25) is 5.91 Å². The fourth-order valence-electron chi connectivity index (χ4n) is 4.24. The fraction of sp³-hybridized carbons (Fsp3) is 0.435. The van der Waals surface area contributed by atoms with Crippen molar-refractivity contribution in [2.24, 2.45) is 0 Å². The molecular weight excluding hydrogens is 352 g/mol. The van der Waals surface area contributed by atoms with E-state index in [1.807, 2.05) is 49.4 Å². The summed E-state index contributed by atoms with van der Waals surface area (Å²) in [5.74, 6) is 1.73. The average Bonchev–Trinajstić information content (AvgIpc) is 3.20. The van der Waals surface area contributed by atoms with Gasteiger partial charge < -0.3 is 14.4 Å². The van der Waals surface area contributed by atoms with Crippen molar-refractivity contribution in [3.05, 3.63) is 59.7 Å². The first kappa shape index (κ1) is 18.8. The van der Waals surface area contributed by atoms with Gasteiger partial charge in [0.05, 0.1) is 13.2 Å². The molecule has 1 amide bonds. The third-order valence-corrected chi connectivity index (χ3v) is 5.86. The number of carbonyl (C=O) groups is 1. The first-order valence-electron chi connectivity index (χ1n) is 10.0. The van der Waals surface area contributed by atoms with Gasteiger partial charge in [-0.3, -0.25) is 9.69 Å². The van der Waals surface area contributed by atoms with Gasteiger partial charge in [0.1, 0.15) is 6.61 Å². The number of nitrogens with zero attached hydrogens (tertiary/aromatic N) is 2. The number of piperazine rings is 1. The molecule has 2 aromatic rings. The maximum Gasteiger partial charge on any atom is 0.239 e. The van der Waals surface area contributed by atoms with Gasteiger partial charge in [-0.2, -0.15) is 0 Å². The summed E-state index contributed by atoms with van der Waals surface area (Å²) < 4.78 is 11.5. The van der Waals surface area contributed by atoms with E-state index in [1.165, 1.54) is 0 Å². The average molecular weight is 380 g/mol. The van der Waals surface area contributed by atoms with Gasteiger partial charge in [-0.25, -0.2) is 0 Å². The normalized spacial score (nSPS) is 22.2. The molecule has 5 heteroatoms. The predicted octanol–water partition coefficient (Wildman–Crippen LogP) is 3.47. The van der Waals surface area contributed by atoms with E-state index in [0.717, 1.165) is 55.1 Å². The minimum absolute atomic E-state index is 0.0786. The van der Waals surface area contributed by atoms with Crippen molar-refractivity contribution in [3.63, 3.8) is 0 Å². The molecular formula is C23H28N2O3. The summed E-state index contributed by atoms with van der Waals surface area (Å²) in [6, 6.07) is 16.5. The Balaban J connectivity index is 1.48. The molecule has 2 heterocycles. The fourth-order valence-corrected chi connectivity index (χ4v) is 4.24. The van der Waals surface area contributed by atoms with Gasteiger partial charge in [-0.15, -0.1) is 0 Å². The van der Waals surface area contributed by atoms with E-state index >= 15 is 0 Å². The molecule has 2 fully saturated rings. The molecule has 5 nitrogen and oxygen atoms in total. The lowest BCUT2D eigenvalue weighted by molar-refractivity contribution is -0.143. The first-order valence-corrected chi connectivity index (χ1v) is 10.0. The van der Waals surface area contributed by atoms with Crippen molar-refractivity contribution in [2.45, 2.75) is 45.0 Å². The third kappa shape index (κ3) is 3.85. The lowest BCUT2D eigenvalue weighted by Gasteiger charge is -2.41.